The number of nitrogens with zero attached hydrogens (tertiary/aromatic N) is 4. The van der Waals surface area contributed by atoms with Gasteiger partial charge in [-0.1, -0.05) is 0 Å². The van der Waals surface area contributed by atoms with Crippen LogP contribution in [0.15, 0.2) is 17.6 Å². The lowest BCUT2D eigenvalue weighted by molar-refractivity contribution is -0.150. The SMILES string of the molecule is Cn1cnc(S(=O)(=O)N2CCC(F)(C(=O)N3CCOCC3)CC2)c1. The van der Waals surface area contributed by atoms with Gasteiger partial charge in [-0.05, 0) is 0 Å². The molecule has 0 aliphatic carbocycles. The lowest BCUT2D eigenvalue weighted by Gasteiger charge is -2.38. The van der Waals surface area contributed by atoms with Crippen LogP contribution in [0.3, 0.4) is 0 Å². The number of piperidine rings is 1. The number of carbonyl (C=O) groups excluding carboxylic acids is 1. The van der Waals surface area contributed by atoms with Crippen LogP contribution in [-0.4, -0.2) is 78.1 Å². The molecular weight excluding hydrogens is 339 g/mol. The third kappa shape index (κ3) is 3.17. The van der Waals surface area contributed by atoms with Crippen molar-refractivity contribution in [2.75, 3.05) is 39.4 Å². The Bertz CT molecular complexity index is 706. The molecular formula is C14H21FN4O4S. The summed E-state index contributed by atoms with van der Waals surface area (Å²) in [6, 6.07) is 0. The summed E-state index contributed by atoms with van der Waals surface area (Å²) in [6.45, 7) is 1.49. The third-order valence-electron chi connectivity index (χ3n) is 4.48. The van der Waals surface area contributed by atoms with Gasteiger partial charge in [0.05, 0.1) is 19.5 Å². The van der Waals surface area contributed by atoms with Crippen molar-refractivity contribution in [3.8, 4) is 0 Å². The first-order chi connectivity index (χ1) is 11.3. The molecule has 1 aromatic rings. The van der Waals surface area contributed by atoms with Crippen molar-refractivity contribution in [3.63, 3.8) is 0 Å². The second kappa shape index (κ2) is 6.41. The maximum absolute atomic E-state index is 15.0. The predicted octanol–water partition coefficient (Wildman–Crippen LogP) is -0.228. The maximum atomic E-state index is 15.0. The molecule has 0 atom stereocenters. The smallest absolute Gasteiger partial charge is 0.262 e. The Labute approximate surface area is 140 Å². The first-order valence-corrected chi connectivity index (χ1v) is 9.31. The molecule has 2 saturated heterocycles. The molecule has 134 valence electrons. The zero-order chi connectivity index (χ0) is 17.4. The second-order valence-corrected chi connectivity index (χ2v) is 8.04. The molecule has 0 radical (unpaired) electrons. The van der Waals surface area contributed by atoms with Gasteiger partial charge in [0.15, 0.2) is 10.7 Å². The van der Waals surface area contributed by atoms with Crippen molar-refractivity contribution in [2.24, 2.45) is 7.05 Å². The van der Waals surface area contributed by atoms with Crippen molar-refractivity contribution in [1.82, 2.24) is 18.8 Å². The van der Waals surface area contributed by atoms with Gasteiger partial charge in [-0.25, -0.2) is 17.8 Å². The number of carbonyl (C=O) groups is 1. The Morgan fingerprint density at radius 3 is 2.42 bits per heavy atom. The van der Waals surface area contributed by atoms with Crippen molar-refractivity contribution in [2.45, 2.75) is 23.5 Å². The van der Waals surface area contributed by atoms with Crippen LogP contribution in [0.5, 0.6) is 0 Å². The van der Waals surface area contributed by atoms with Gasteiger partial charge in [0.25, 0.3) is 15.9 Å². The van der Waals surface area contributed by atoms with E-state index in [2.05, 4.69) is 4.98 Å². The Hall–Kier alpha value is -1.52. The topological polar surface area (TPSA) is 84.7 Å². The number of rotatable bonds is 3. The normalized spacial score (nSPS) is 22.5. The molecule has 3 heterocycles. The molecule has 10 heteroatoms. The third-order valence-corrected chi connectivity index (χ3v) is 6.27. The van der Waals surface area contributed by atoms with E-state index in [1.165, 1.54) is 26.3 Å². The van der Waals surface area contributed by atoms with Crippen LogP contribution in [0.1, 0.15) is 12.8 Å². The molecule has 2 aliphatic heterocycles. The van der Waals surface area contributed by atoms with Gasteiger partial charge < -0.3 is 14.2 Å². The Kier molecular flexibility index (Phi) is 4.63. The van der Waals surface area contributed by atoms with Crippen LogP contribution < -0.4 is 0 Å². The van der Waals surface area contributed by atoms with Crippen molar-refractivity contribution < 1.29 is 22.3 Å². The van der Waals surface area contributed by atoms with E-state index in [0.717, 1.165) is 0 Å². The number of ether oxygens (including phenoxy) is 1. The summed E-state index contributed by atoms with van der Waals surface area (Å²) in [7, 11) is -2.08. The maximum Gasteiger partial charge on any atom is 0.262 e. The molecule has 0 bridgehead atoms. The number of morpholine rings is 1. The fourth-order valence-electron chi connectivity index (χ4n) is 3.00. The second-order valence-electron chi connectivity index (χ2n) is 6.15. The number of alkyl halides is 1. The summed E-state index contributed by atoms with van der Waals surface area (Å²) in [6.07, 6.45) is 2.52. The van der Waals surface area contributed by atoms with Crippen LogP contribution in [0, 0.1) is 0 Å². The van der Waals surface area contributed by atoms with E-state index in [0.29, 0.717) is 26.3 Å². The molecule has 0 N–H and O–H groups in total. The number of aromatic nitrogens is 2. The number of hydrogen-bond donors (Lipinski definition) is 0. The van der Waals surface area contributed by atoms with Gasteiger partial charge in [-0.3, -0.25) is 4.79 Å². The predicted molar refractivity (Wildman–Crippen MR) is 82.4 cm³/mol. The van der Waals surface area contributed by atoms with Crippen molar-refractivity contribution in [3.05, 3.63) is 12.5 Å². The minimum Gasteiger partial charge on any atom is -0.378 e. The Balaban J connectivity index is 1.67. The number of aryl methyl sites for hydroxylation is 1. The van der Waals surface area contributed by atoms with Crippen LogP contribution in [0.2, 0.25) is 0 Å². The number of hydrogen-bond acceptors (Lipinski definition) is 5. The largest absolute Gasteiger partial charge is 0.378 e. The molecule has 0 saturated carbocycles. The monoisotopic (exact) mass is 360 g/mol. The zero-order valence-electron chi connectivity index (χ0n) is 13.5. The van der Waals surface area contributed by atoms with Crippen molar-refractivity contribution >= 4 is 15.9 Å². The first-order valence-electron chi connectivity index (χ1n) is 7.87. The Morgan fingerprint density at radius 2 is 1.88 bits per heavy atom. The quantitative estimate of drug-likeness (QED) is 0.744. The first kappa shape index (κ1) is 17.3. The van der Waals surface area contributed by atoms with E-state index in [4.69, 9.17) is 4.74 Å². The summed E-state index contributed by atoms with van der Waals surface area (Å²) in [5.74, 6) is -0.555. The highest BCUT2D eigenvalue weighted by molar-refractivity contribution is 7.89. The van der Waals surface area contributed by atoms with E-state index >= 15 is 4.39 Å². The van der Waals surface area contributed by atoms with Crippen LogP contribution in [-0.2, 0) is 26.6 Å². The fourth-order valence-corrected chi connectivity index (χ4v) is 4.41. The average Bonchev–Trinajstić information content (AvgIpc) is 3.03. The molecule has 1 aromatic heterocycles. The van der Waals surface area contributed by atoms with E-state index in [1.54, 1.807) is 7.05 Å². The minimum absolute atomic E-state index is 0.0362. The van der Waals surface area contributed by atoms with Gasteiger partial charge in [0, 0.05) is 52.3 Å². The van der Waals surface area contributed by atoms with Crippen LogP contribution in [0.4, 0.5) is 4.39 Å². The van der Waals surface area contributed by atoms with E-state index < -0.39 is 21.6 Å². The van der Waals surface area contributed by atoms with Crippen LogP contribution in [0.25, 0.3) is 0 Å². The number of amides is 1. The summed E-state index contributed by atoms with van der Waals surface area (Å²) in [4.78, 5) is 17.7. The van der Waals surface area contributed by atoms with Crippen LogP contribution >= 0.6 is 0 Å². The summed E-state index contributed by atoms with van der Waals surface area (Å²) >= 11 is 0. The molecule has 3 rings (SSSR count). The van der Waals surface area contributed by atoms with Crippen molar-refractivity contribution in [1.29, 1.82) is 0 Å². The molecule has 2 fully saturated rings. The van der Waals surface area contributed by atoms with E-state index in [-0.39, 0.29) is 31.0 Å². The molecule has 2 aliphatic rings. The highest BCUT2D eigenvalue weighted by Crippen LogP contribution is 2.31. The standard InChI is InChI=1S/C14H21FN4O4S/c1-17-10-12(16-11-17)24(21,22)19-4-2-14(15,3-5-19)13(20)18-6-8-23-9-7-18/h10-11H,2-9H2,1H3. The van der Waals surface area contributed by atoms with Gasteiger partial charge in [0.1, 0.15) is 0 Å². The molecule has 8 nitrogen and oxygen atoms in total. The highest BCUT2D eigenvalue weighted by atomic mass is 32.2. The molecule has 0 spiro atoms. The van der Waals surface area contributed by atoms with Gasteiger partial charge in [-0.2, -0.15) is 4.31 Å². The number of imidazole rings is 1. The van der Waals surface area contributed by atoms with Gasteiger partial charge in [-0.15, -0.1) is 0 Å². The lowest BCUT2D eigenvalue weighted by atomic mass is 9.92. The molecule has 1 amide bonds. The fraction of sp³-hybridized carbons (Fsp3) is 0.714. The summed E-state index contributed by atoms with van der Waals surface area (Å²) in [5, 5.41) is -0.0594. The molecule has 0 aromatic carbocycles. The summed E-state index contributed by atoms with van der Waals surface area (Å²) < 4.78 is 47.9. The molecule has 0 unspecified atom stereocenters. The van der Waals surface area contributed by atoms with E-state index in [1.807, 2.05) is 0 Å². The van der Waals surface area contributed by atoms with Gasteiger partial charge >= 0.3 is 0 Å². The number of halogens is 1. The lowest BCUT2D eigenvalue weighted by Crippen LogP contribution is -2.55. The molecule has 24 heavy (non-hydrogen) atoms. The number of sulfonamides is 1. The highest BCUT2D eigenvalue weighted by Gasteiger charge is 2.46. The average molecular weight is 360 g/mol. The van der Waals surface area contributed by atoms with Gasteiger partial charge in [0.2, 0.25) is 0 Å². The Morgan fingerprint density at radius 1 is 1.25 bits per heavy atom. The minimum atomic E-state index is -3.75. The summed E-state index contributed by atoms with van der Waals surface area (Å²) in [5.41, 5.74) is -2.01. The van der Waals surface area contributed by atoms with E-state index in [9.17, 15) is 13.2 Å². The zero-order valence-corrected chi connectivity index (χ0v) is 14.3.